The average Bonchev–Trinajstić information content (AvgIpc) is 3.43. The predicted octanol–water partition coefficient (Wildman–Crippen LogP) is 4.96. The van der Waals surface area contributed by atoms with Crippen LogP contribution in [0.1, 0.15) is 83.0 Å². The van der Waals surface area contributed by atoms with Gasteiger partial charge >= 0.3 is 0 Å². The molecule has 4 saturated carbocycles. The SMILES string of the molecule is COCC12CCC(C)(O)CC1CCC1C3CCC(C(=O)Cn4nnc5c4CC=C(OC)C=C5OC)C3(C)CCC12. The van der Waals surface area contributed by atoms with Crippen LogP contribution in [0.15, 0.2) is 17.9 Å². The van der Waals surface area contributed by atoms with E-state index in [1.54, 1.807) is 18.9 Å². The van der Waals surface area contributed by atoms with Gasteiger partial charge in [0.05, 0.1) is 32.1 Å². The molecular formula is C32H47N3O5. The molecule has 1 N–H and O–H groups in total. The Morgan fingerprint density at radius 1 is 1.05 bits per heavy atom. The van der Waals surface area contributed by atoms with Crippen LogP contribution in [0, 0.1) is 40.4 Å². The molecule has 220 valence electrons. The Labute approximate surface area is 238 Å². The third-order valence-corrected chi connectivity index (χ3v) is 12.1. The molecule has 40 heavy (non-hydrogen) atoms. The molecule has 8 heteroatoms. The Hall–Kier alpha value is -2.19. The summed E-state index contributed by atoms with van der Waals surface area (Å²) in [4.78, 5) is 14.0. The van der Waals surface area contributed by atoms with E-state index < -0.39 is 5.60 Å². The molecule has 8 nitrogen and oxygen atoms in total. The number of Topliss-reactive ketones (excluding diaryl/α,β-unsaturated/α-hetero) is 1. The minimum Gasteiger partial charge on any atom is -0.497 e. The van der Waals surface area contributed by atoms with Gasteiger partial charge in [-0.3, -0.25) is 4.79 Å². The molecule has 5 aliphatic carbocycles. The van der Waals surface area contributed by atoms with Gasteiger partial charge in [-0.05, 0) is 105 Å². The van der Waals surface area contributed by atoms with Crippen LogP contribution >= 0.6 is 0 Å². The van der Waals surface area contributed by atoms with Crippen LogP contribution in [0.5, 0.6) is 0 Å². The molecule has 0 bridgehead atoms. The lowest BCUT2D eigenvalue weighted by Crippen LogP contribution is -2.58. The molecule has 0 aliphatic heterocycles. The molecule has 1 aromatic rings. The zero-order valence-electron chi connectivity index (χ0n) is 24.9. The number of ketones is 1. The van der Waals surface area contributed by atoms with Crippen LogP contribution in [0.4, 0.5) is 0 Å². The zero-order chi connectivity index (χ0) is 28.3. The smallest absolute Gasteiger partial charge is 0.157 e. The summed E-state index contributed by atoms with van der Waals surface area (Å²) in [6.45, 7) is 5.48. The molecule has 1 heterocycles. The maximum Gasteiger partial charge on any atom is 0.157 e. The maximum atomic E-state index is 14.0. The van der Waals surface area contributed by atoms with E-state index in [9.17, 15) is 9.90 Å². The van der Waals surface area contributed by atoms with Gasteiger partial charge < -0.3 is 19.3 Å². The molecule has 0 radical (unpaired) electrons. The standard InChI is InChI=1S/C32H47N3O5/c1-30(37)14-15-32(19-38-3)20(17-30)6-8-22-23-9-10-25(31(23,2)13-12-24(22)32)27(36)18-35-26-11-7-21(39-4)16-28(40-5)29(26)33-34-35/h7,16,20,22-25,37H,6,8-15,17-19H2,1-5H3. The lowest BCUT2D eigenvalue weighted by Gasteiger charge is -2.62. The highest BCUT2D eigenvalue weighted by Crippen LogP contribution is 2.68. The summed E-state index contributed by atoms with van der Waals surface area (Å²) in [5, 5.41) is 19.7. The van der Waals surface area contributed by atoms with Crippen LogP contribution in [0.3, 0.4) is 0 Å². The van der Waals surface area contributed by atoms with Gasteiger partial charge in [-0.2, -0.15) is 0 Å². The van der Waals surface area contributed by atoms with E-state index in [1.165, 1.54) is 12.8 Å². The number of carbonyl (C=O) groups excluding carboxylic acids is 1. The summed E-state index contributed by atoms with van der Waals surface area (Å²) in [6, 6.07) is 0. The molecule has 0 saturated heterocycles. The molecule has 8 atom stereocenters. The molecule has 8 unspecified atom stereocenters. The first-order chi connectivity index (χ1) is 19.2. The Bertz CT molecular complexity index is 1200. The van der Waals surface area contributed by atoms with Crippen molar-refractivity contribution in [1.29, 1.82) is 0 Å². The molecule has 6 rings (SSSR count). The number of nitrogens with zero attached hydrogens (tertiary/aromatic N) is 3. The van der Waals surface area contributed by atoms with E-state index in [1.807, 2.05) is 26.2 Å². The summed E-state index contributed by atoms with van der Waals surface area (Å²) in [5.41, 5.74) is 1.22. The van der Waals surface area contributed by atoms with Gasteiger partial charge in [-0.25, -0.2) is 4.68 Å². The summed E-state index contributed by atoms with van der Waals surface area (Å²) in [5.74, 6) is 4.03. The molecule has 4 fully saturated rings. The van der Waals surface area contributed by atoms with Crippen molar-refractivity contribution in [2.45, 2.75) is 90.2 Å². The Balaban J connectivity index is 1.21. The fraction of sp³-hybridized carbons (Fsp3) is 0.781. The van der Waals surface area contributed by atoms with E-state index in [2.05, 4.69) is 17.2 Å². The van der Waals surface area contributed by atoms with E-state index in [4.69, 9.17) is 14.2 Å². The third-order valence-electron chi connectivity index (χ3n) is 12.1. The van der Waals surface area contributed by atoms with Crippen molar-refractivity contribution in [3.05, 3.63) is 29.3 Å². The summed E-state index contributed by atoms with van der Waals surface area (Å²) < 4.78 is 18.7. The first-order valence-corrected chi connectivity index (χ1v) is 15.3. The van der Waals surface area contributed by atoms with Crippen molar-refractivity contribution in [2.24, 2.45) is 40.4 Å². The number of methoxy groups -OCH3 is 3. The fourth-order valence-corrected chi connectivity index (χ4v) is 10.2. The lowest BCUT2D eigenvalue weighted by molar-refractivity contribution is -0.175. The number of rotatable bonds is 7. The largest absolute Gasteiger partial charge is 0.497 e. The molecule has 0 aromatic carbocycles. The predicted molar refractivity (Wildman–Crippen MR) is 151 cm³/mol. The van der Waals surface area contributed by atoms with Crippen molar-refractivity contribution in [3.8, 4) is 0 Å². The van der Waals surface area contributed by atoms with Crippen LogP contribution in [0.25, 0.3) is 5.76 Å². The van der Waals surface area contributed by atoms with E-state index in [0.717, 1.165) is 63.0 Å². The quantitative estimate of drug-likeness (QED) is 0.510. The number of carbonyl (C=O) groups is 1. The number of hydrogen-bond donors (Lipinski definition) is 1. The fourth-order valence-electron chi connectivity index (χ4n) is 10.2. The van der Waals surface area contributed by atoms with Gasteiger partial charge in [-0.15, -0.1) is 5.10 Å². The van der Waals surface area contributed by atoms with Crippen LogP contribution in [0.2, 0.25) is 0 Å². The van der Waals surface area contributed by atoms with Gasteiger partial charge in [0.1, 0.15) is 12.3 Å². The summed E-state index contributed by atoms with van der Waals surface area (Å²) in [6.07, 6.45) is 14.0. The first kappa shape index (κ1) is 28.0. The topological polar surface area (TPSA) is 95.7 Å². The molecule has 0 amide bonds. The number of aliphatic hydroxyl groups is 1. The highest BCUT2D eigenvalue weighted by Gasteiger charge is 2.63. The number of ether oxygens (including phenoxy) is 3. The minimum absolute atomic E-state index is 0.0256. The summed E-state index contributed by atoms with van der Waals surface area (Å²) in [7, 11) is 5.11. The first-order valence-electron chi connectivity index (χ1n) is 15.3. The van der Waals surface area contributed by atoms with Crippen molar-refractivity contribution in [2.75, 3.05) is 27.9 Å². The Kier molecular flexibility index (Phi) is 7.17. The third kappa shape index (κ3) is 4.36. The van der Waals surface area contributed by atoms with Crippen LogP contribution < -0.4 is 0 Å². The van der Waals surface area contributed by atoms with Gasteiger partial charge in [0.15, 0.2) is 17.2 Å². The van der Waals surface area contributed by atoms with Crippen molar-refractivity contribution in [3.63, 3.8) is 0 Å². The second-order valence-electron chi connectivity index (χ2n) is 13.9. The van der Waals surface area contributed by atoms with Gasteiger partial charge in [-0.1, -0.05) is 12.1 Å². The monoisotopic (exact) mass is 553 g/mol. The molecule has 5 aliphatic rings. The normalized spacial score (nSPS) is 40.5. The number of fused-ring (bicyclic) bond motifs is 6. The van der Waals surface area contributed by atoms with Crippen molar-refractivity contribution >= 4 is 11.5 Å². The van der Waals surface area contributed by atoms with Crippen molar-refractivity contribution < 1.29 is 24.1 Å². The van der Waals surface area contributed by atoms with E-state index in [-0.39, 0.29) is 29.1 Å². The molecule has 0 spiro atoms. The van der Waals surface area contributed by atoms with Crippen LogP contribution in [-0.2, 0) is 32.0 Å². The Morgan fingerprint density at radius 2 is 1.88 bits per heavy atom. The number of aromatic nitrogens is 3. The highest BCUT2D eigenvalue weighted by molar-refractivity contribution is 5.82. The van der Waals surface area contributed by atoms with Gasteiger partial charge in [0, 0.05) is 25.5 Å². The molecular weight excluding hydrogens is 506 g/mol. The second kappa shape index (κ2) is 10.3. The average molecular weight is 554 g/mol. The second-order valence-corrected chi connectivity index (χ2v) is 13.9. The lowest BCUT2D eigenvalue weighted by atomic mass is 9.43. The van der Waals surface area contributed by atoms with E-state index >= 15 is 0 Å². The summed E-state index contributed by atoms with van der Waals surface area (Å²) >= 11 is 0. The van der Waals surface area contributed by atoms with E-state index in [0.29, 0.717) is 41.5 Å². The van der Waals surface area contributed by atoms with Crippen molar-refractivity contribution in [1.82, 2.24) is 15.0 Å². The molecule has 1 aromatic heterocycles. The van der Waals surface area contributed by atoms with Gasteiger partial charge in [0.25, 0.3) is 0 Å². The number of hydrogen-bond acceptors (Lipinski definition) is 7. The zero-order valence-corrected chi connectivity index (χ0v) is 24.9. The van der Waals surface area contributed by atoms with Crippen LogP contribution in [-0.4, -0.2) is 59.4 Å². The highest BCUT2D eigenvalue weighted by atomic mass is 16.5. The van der Waals surface area contributed by atoms with Gasteiger partial charge in [0.2, 0.25) is 0 Å². The maximum absolute atomic E-state index is 14.0. The minimum atomic E-state index is -0.552. The Morgan fingerprint density at radius 3 is 2.62 bits per heavy atom. The number of allylic oxidation sites excluding steroid dienone is 2.